The van der Waals surface area contributed by atoms with E-state index in [0.717, 1.165) is 5.56 Å². The van der Waals surface area contributed by atoms with Gasteiger partial charge in [0.1, 0.15) is 6.61 Å². The number of benzene rings is 1. The Labute approximate surface area is 119 Å². The van der Waals surface area contributed by atoms with Gasteiger partial charge in [-0.2, -0.15) is 0 Å². The Bertz CT molecular complexity index is 530. The minimum Gasteiger partial charge on any atom is -0.480 e. The molecule has 0 bridgehead atoms. The third kappa shape index (κ3) is 5.81. The van der Waals surface area contributed by atoms with Crippen LogP contribution < -0.4 is 5.32 Å². The van der Waals surface area contributed by atoms with Gasteiger partial charge in [0.05, 0.1) is 12.6 Å². The van der Waals surface area contributed by atoms with Gasteiger partial charge in [0.25, 0.3) is 0 Å². The van der Waals surface area contributed by atoms with E-state index in [2.05, 4.69) is 10.0 Å². The molecule has 2 atom stereocenters. The molecule has 0 aliphatic carbocycles. The Morgan fingerprint density at radius 3 is 2.62 bits per heavy atom. The molecule has 0 aliphatic heterocycles. The Balaban J connectivity index is 2.52. The number of aliphatic hydroxyl groups is 1. The average molecular weight is 294 g/mol. The predicted molar refractivity (Wildman–Crippen MR) is 71.2 cm³/mol. The van der Waals surface area contributed by atoms with Crippen LogP contribution in [0.25, 0.3) is 10.4 Å². The minimum absolute atomic E-state index is 0.0363. The third-order valence-electron chi connectivity index (χ3n) is 2.47. The van der Waals surface area contributed by atoms with Crippen LogP contribution in [0.15, 0.2) is 35.4 Å². The van der Waals surface area contributed by atoms with Crippen LogP contribution in [0.1, 0.15) is 5.56 Å². The largest absolute Gasteiger partial charge is 0.480 e. The topological polar surface area (TPSA) is 145 Å². The summed E-state index contributed by atoms with van der Waals surface area (Å²) in [6, 6.07) is 7.17. The van der Waals surface area contributed by atoms with Crippen molar-refractivity contribution >= 4 is 12.1 Å². The zero-order valence-electron chi connectivity index (χ0n) is 10.9. The first-order valence-corrected chi connectivity index (χ1v) is 5.93. The van der Waals surface area contributed by atoms with E-state index < -0.39 is 30.8 Å². The van der Waals surface area contributed by atoms with E-state index in [1.807, 2.05) is 5.32 Å². The van der Waals surface area contributed by atoms with E-state index in [4.69, 9.17) is 15.4 Å². The van der Waals surface area contributed by atoms with Crippen molar-refractivity contribution in [3.05, 3.63) is 46.3 Å². The summed E-state index contributed by atoms with van der Waals surface area (Å²) in [6.07, 6.45) is -2.55. The molecular weight excluding hydrogens is 280 g/mol. The lowest BCUT2D eigenvalue weighted by molar-refractivity contribution is -0.142. The van der Waals surface area contributed by atoms with E-state index in [1.165, 1.54) is 0 Å². The number of nitrogens with one attached hydrogen (secondary N) is 1. The van der Waals surface area contributed by atoms with Crippen LogP contribution in [-0.2, 0) is 16.1 Å². The number of nitrogens with zero attached hydrogens (tertiary/aromatic N) is 3. The van der Waals surface area contributed by atoms with Crippen LogP contribution in [0.2, 0.25) is 0 Å². The van der Waals surface area contributed by atoms with Crippen molar-refractivity contribution < 1.29 is 24.5 Å². The second-order valence-electron chi connectivity index (χ2n) is 4.00. The second-order valence-corrected chi connectivity index (χ2v) is 4.00. The number of amides is 1. The first kappa shape index (κ1) is 16.3. The predicted octanol–water partition coefficient (Wildman–Crippen LogP) is 1.04. The molecular formula is C12H14N4O5. The normalized spacial score (nSPS) is 12.6. The fourth-order valence-electron chi connectivity index (χ4n) is 1.44. The molecule has 0 spiro atoms. The van der Waals surface area contributed by atoms with Gasteiger partial charge in [-0.25, -0.2) is 9.59 Å². The molecule has 9 heteroatoms. The van der Waals surface area contributed by atoms with E-state index in [-0.39, 0.29) is 6.61 Å². The van der Waals surface area contributed by atoms with Crippen molar-refractivity contribution in [2.75, 3.05) is 6.54 Å². The number of carboxylic acids is 1. The highest BCUT2D eigenvalue weighted by Crippen LogP contribution is 2.02. The van der Waals surface area contributed by atoms with Gasteiger partial charge < -0.3 is 20.3 Å². The average Bonchev–Trinajstić information content (AvgIpc) is 2.49. The van der Waals surface area contributed by atoms with Gasteiger partial charge in [-0.1, -0.05) is 35.4 Å². The molecule has 0 saturated heterocycles. The number of rotatable bonds is 7. The molecule has 0 saturated carbocycles. The first-order valence-electron chi connectivity index (χ1n) is 5.93. The maximum atomic E-state index is 11.5. The number of azide groups is 1. The van der Waals surface area contributed by atoms with Crippen LogP contribution >= 0.6 is 0 Å². The lowest BCUT2D eigenvalue weighted by atomic mass is 10.1. The number of carboxylic acid groups (broad SMARTS) is 1. The Morgan fingerprint density at radius 2 is 2.05 bits per heavy atom. The Hall–Kier alpha value is -2.77. The smallest absolute Gasteiger partial charge is 0.408 e. The summed E-state index contributed by atoms with van der Waals surface area (Å²) in [5.74, 6) is -1.47. The van der Waals surface area contributed by atoms with E-state index in [9.17, 15) is 14.7 Å². The van der Waals surface area contributed by atoms with Crippen LogP contribution in [0.3, 0.4) is 0 Å². The number of aliphatic hydroxyl groups excluding tert-OH is 1. The number of carbonyl (C=O) groups is 2. The number of hydrogen-bond donors (Lipinski definition) is 3. The highest BCUT2D eigenvalue weighted by atomic mass is 16.5. The molecule has 0 aliphatic rings. The molecule has 0 aromatic heterocycles. The summed E-state index contributed by atoms with van der Waals surface area (Å²) in [5, 5.41) is 23.5. The molecule has 1 rings (SSSR count). The molecule has 21 heavy (non-hydrogen) atoms. The molecule has 1 aromatic carbocycles. The summed E-state index contributed by atoms with van der Waals surface area (Å²) in [7, 11) is 0. The molecule has 0 radical (unpaired) electrons. The van der Waals surface area contributed by atoms with Crippen molar-refractivity contribution in [1.82, 2.24) is 5.32 Å². The van der Waals surface area contributed by atoms with Gasteiger partial charge in [-0.3, -0.25) is 0 Å². The Kier molecular flexibility index (Phi) is 6.52. The molecule has 0 unspecified atom stereocenters. The van der Waals surface area contributed by atoms with Gasteiger partial charge in [-0.05, 0) is 11.1 Å². The fraction of sp³-hybridized carbons (Fsp3) is 0.333. The number of hydrogen-bond acceptors (Lipinski definition) is 5. The van der Waals surface area contributed by atoms with Crippen molar-refractivity contribution in [2.45, 2.75) is 18.8 Å². The molecule has 3 N–H and O–H groups in total. The third-order valence-corrected chi connectivity index (χ3v) is 2.47. The van der Waals surface area contributed by atoms with Crippen molar-refractivity contribution in [3.63, 3.8) is 0 Å². The van der Waals surface area contributed by atoms with E-state index >= 15 is 0 Å². The second kappa shape index (κ2) is 8.41. The van der Waals surface area contributed by atoms with E-state index in [1.54, 1.807) is 30.3 Å². The number of ether oxygens (including phenoxy) is 1. The lowest BCUT2D eigenvalue weighted by Crippen LogP contribution is -2.50. The monoisotopic (exact) mass is 294 g/mol. The molecule has 9 nitrogen and oxygen atoms in total. The number of carbonyl (C=O) groups excluding carboxylic acids is 1. The summed E-state index contributed by atoms with van der Waals surface area (Å²) in [6.45, 7) is -0.516. The molecule has 1 aromatic rings. The van der Waals surface area contributed by atoms with Gasteiger partial charge in [0, 0.05) is 4.91 Å². The lowest BCUT2D eigenvalue weighted by Gasteiger charge is -2.18. The van der Waals surface area contributed by atoms with Crippen LogP contribution in [0.5, 0.6) is 0 Å². The van der Waals surface area contributed by atoms with Gasteiger partial charge in [0.2, 0.25) is 0 Å². The highest BCUT2D eigenvalue weighted by Gasteiger charge is 2.28. The van der Waals surface area contributed by atoms with Crippen molar-refractivity contribution in [3.8, 4) is 0 Å². The Morgan fingerprint density at radius 1 is 1.38 bits per heavy atom. The maximum absolute atomic E-state index is 11.5. The highest BCUT2D eigenvalue weighted by molar-refractivity contribution is 5.80. The molecule has 1 amide bonds. The van der Waals surface area contributed by atoms with Gasteiger partial charge in [-0.15, -0.1) is 0 Å². The summed E-state index contributed by atoms with van der Waals surface area (Å²) >= 11 is 0. The van der Waals surface area contributed by atoms with Crippen LogP contribution in [0, 0.1) is 0 Å². The van der Waals surface area contributed by atoms with Crippen LogP contribution in [-0.4, -0.2) is 41.0 Å². The first-order chi connectivity index (χ1) is 10.0. The summed E-state index contributed by atoms with van der Waals surface area (Å²) in [5.41, 5.74) is 8.85. The van der Waals surface area contributed by atoms with Gasteiger partial charge in [0.15, 0.2) is 6.04 Å². The SMILES string of the molecule is [N-]=[N+]=NC[C@@H](O)[C@@H](NC(=O)OCc1ccccc1)C(=O)O. The van der Waals surface area contributed by atoms with E-state index in [0.29, 0.717) is 0 Å². The number of aliphatic carboxylic acids is 1. The zero-order valence-corrected chi connectivity index (χ0v) is 10.9. The zero-order chi connectivity index (χ0) is 15.7. The standard InChI is InChI=1S/C12H14N4O5/c13-16-14-6-9(17)10(11(18)19)15-12(20)21-7-8-4-2-1-3-5-8/h1-5,9-10,17H,6-7H2,(H,15,20)(H,18,19)/t9-,10-/m1/s1. The maximum Gasteiger partial charge on any atom is 0.408 e. The van der Waals surface area contributed by atoms with Gasteiger partial charge >= 0.3 is 12.1 Å². The van der Waals surface area contributed by atoms with Crippen LogP contribution in [0.4, 0.5) is 4.79 Å². The fourth-order valence-corrected chi connectivity index (χ4v) is 1.44. The minimum atomic E-state index is -1.63. The molecule has 0 fully saturated rings. The molecule has 0 heterocycles. The molecule has 112 valence electrons. The quantitative estimate of drug-likeness (QED) is 0.391. The van der Waals surface area contributed by atoms with Crippen molar-refractivity contribution in [2.24, 2.45) is 5.11 Å². The summed E-state index contributed by atoms with van der Waals surface area (Å²) in [4.78, 5) is 24.8. The van der Waals surface area contributed by atoms with Crippen molar-refractivity contribution in [1.29, 1.82) is 0 Å². The number of alkyl carbamates (subject to hydrolysis) is 1. The summed E-state index contributed by atoms with van der Waals surface area (Å²) < 4.78 is 4.84.